The molecule has 1 atom stereocenters. The van der Waals surface area contributed by atoms with E-state index in [1.807, 2.05) is 30.3 Å². The Kier molecular flexibility index (Phi) is 6.13. The molecule has 0 aliphatic carbocycles. The molecule has 0 aliphatic heterocycles. The van der Waals surface area contributed by atoms with Crippen LogP contribution in [0, 0.1) is 0 Å². The summed E-state index contributed by atoms with van der Waals surface area (Å²) in [6.07, 6.45) is 0. The Hall–Kier alpha value is -1.91. The molecule has 0 heterocycles. The molecule has 1 N–H and O–H groups in total. The van der Waals surface area contributed by atoms with Crippen molar-refractivity contribution in [1.29, 1.82) is 0 Å². The molecule has 0 saturated carbocycles. The van der Waals surface area contributed by atoms with Gasteiger partial charge in [-0.05, 0) is 30.7 Å². The van der Waals surface area contributed by atoms with Gasteiger partial charge in [0.15, 0.2) is 11.5 Å². The summed E-state index contributed by atoms with van der Waals surface area (Å²) in [6, 6.07) is 11.8. The van der Waals surface area contributed by atoms with Crippen LogP contribution in [0.2, 0.25) is 5.02 Å². The van der Waals surface area contributed by atoms with Crippen LogP contribution in [-0.2, 0) is 6.54 Å². The van der Waals surface area contributed by atoms with Gasteiger partial charge in [-0.15, -0.1) is 0 Å². The van der Waals surface area contributed by atoms with Gasteiger partial charge in [0.2, 0.25) is 0 Å². The maximum Gasteiger partial charge on any atom is 0.164 e. The summed E-state index contributed by atoms with van der Waals surface area (Å²) < 4.78 is 16.1. The highest BCUT2D eigenvalue weighted by molar-refractivity contribution is 6.30. The van der Waals surface area contributed by atoms with Gasteiger partial charge >= 0.3 is 0 Å². The number of methoxy groups -OCH3 is 3. The normalized spacial score (nSPS) is 11.9. The van der Waals surface area contributed by atoms with E-state index in [4.69, 9.17) is 25.8 Å². The topological polar surface area (TPSA) is 39.7 Å². The number of halogens is 1. The first-order valence-corrected chi connectivity index (χ1v) is 7.74. The van der Waals surface area contributed by atoms with Gasteiger partial charge in [0.25, 0.3) is 0 Å². The van der Waals surface area contributed by atoms with Gasteiger partial charge in [0, 0.05) is 29.2 Å². The lowest BCUT2D eigenvalue weighted by atomic mass is 10.1. The van der Waals surface area contributed by atoms with E-state index < -0.39 is 0 Å². The zero-order valence-corrected chi connectivity index (χ0v) is 14.6. The zero-order valence-electron chi connectivity index (χ0n) is 13.9. The SMILES string of the molecule is COc1cc(OC)c(OC)cc1CN[C@H](C)c1cccc(Cl)c1. The van der Waals surface area contributed by atoms with Crippen LogP contribution in [0.3, 0.4) is 0 Å². The fraction of sp³-hybridized carbons (Fsp3) is 0.333. The molecule has 0 fully saturated rings. The van der Waals surface area contributed by atoms with Gasteiger partial charge in [0.05, 0.1) is 21.3 Å². The minimum Gasteiger partial charge on any atom is -0.496 e. The number of nitrogens with one attached hydrogen (secondary N) is 1. The van der Waals surface area contributed by atoms with E-state index >= 15 is 0 Å². The Labute approximate surface area is 142 Å². The van der Waals surface area contributed by atoms with Crippen LogP contribution in [0.5, 0.6) is 17.2 Å². The summed E-state index contributed by atoms with van der Waals surface area (Å²) in [4.78, 5) is 0. The van der Waals surface area contributed by atoms with Crippen molar-refractivity contribution in [3.8, 4) is 17.2 Å². The van der Waals surface area contributed by atoms with Gasteiger partial charge in [-0.2, -0.15) is 0 Å². The van der Waals surface area contributed by atoms with Crippen LogP contribution in [0.25, 0.3) is 0 Å². The summed E-state index contributed by atoms with van der Waals surface area (Å²) in [7, 11) is 4.87. The van der Waals surface area contributed by atoms with E-state index in [1.54, 1.807) is 21.3 Å². The lowest BCUT2D eigenvalue weighted by Crippen LogP contribution is -2.18. The number of hydrogen-bond acceptors (Lipinski definition) is 4. The molecule has 2 rings (SSSR count). The molecule has 124 valence electrons. The monoisotopic (exact) mass is 335 g/mol. The van der Waals surface area contributed by atoms with Crippen LogP contribution in [0.1, 0.15) is 24.1 Å². The van der Waals surface area contributed by atoms with Crippen molar-refractivity contribution in [3.05, 3.63) is 52.5 Å². The van der Waals surface area contributed by atoms with Gasteiger partial charge in [-0.3, -0.25) is 0 Å². The maximum atomic E-state index is 6.05. The Bertz CT molecular complexity index is 661. The average Bonchev–Trinajstić information content (AvgIpc) is 2.58. The lowest BCUT2D eigenvalue weighted by molar-refractivity contribution is 0.346. The molecule has 0 saturated heterocycles. The van der Waals surface area contributed by atoms with E-state index in [-0.39, 0.29) is 6.04 Å². The molecule has 0 aliphatic rings. The van der Waals surface area contributed by atoms with Gasteiger partial charge in [-0.25, -0.2) is 0 Å². The molecule has 0 radical (unpaired) electrons. The van der Waals surface area contributed by atoms with Crippen molar-refractivity contribution in [2.45, 2.75) is 19.5 Å². The summed E-state index contributed by atoms with van der Waals surface area (Å²) in [5.41, 5.74) is 2.14. The third-order valence-corrected chi connectivity index (χ3v) is 3.97. The highest BCUT2D eigenvalue weighted by atomic mass is 35.5. The third kappa shape index (κ3) is 4.30. The molecule has 0 bridgehead atoms. The summed E-state index contributed by atoms with van der Waals surface area (Å²) in [5.74, 6) is 2.09. The van der Waals surface area contributed by atoms with Crippen molar-refractivity contribution in [2.24, 2.45) is 0 Å². The molecule has 0 amide bonds. The third-order valence-electron chi connectivity index (χ3n) is 3.73. The smallest absolute Gasteiger partial charge is 0.164 e. The standard InChI is InChI=1S/C18H22ClNO3/c1-12(13-6-5-7-15(19)8-13)20-11-14-9-17(22-3)18(23-4)10-16(14)21-2/h5-10,12,20H,11H2,1-4H3/t12-/m1/s1. The van der Waals surface area contributed by atoms with Crippen molar-refractivity contribution in [1.82, 2.24) is 5.32 Å². The van der Waals surface area contributed by atoms with Crippen LogP contribution >= 0.6 is 11.6 Å². The second-order valence-electron chi connectivity index (χ2n) is 5.18. The van der Waals surface area contributed by atoms with Gasteiger partial charge in [-0.1, -0.05) is 23.7 Å². The number of rotatable bonds is 7. The molecule has 5 heteroatoms. The molecular formula is C18H22ClNO3. The Morgan fingerprint density at radius 2 is 1.61 bits per heavy atom. The lowest BCUT2D eigenvalue weighted by Gasteiger charge is -2.18. The van der Waals surface area contributed by atoms with Crippen molar-refractivity contribution in [2.75, 3.05) is 21.3 Å². The second-order valence-corrected chi connectivity index (χ2v) is 5.61. The first-order valence-electron chi connectivity index (χ1n) is 7.36. The molecule has 0 unspecified atom stereocenters. The highest BCUT2D eigenvalue weighted by Crippen LogP contribution is 2.34. The number of ether oxygens (including phenoxy) is 3. The maximum absolute atomic E-state index is 6.05. The fourth-order valence-electron chi connectivity index (χ4n) is 2.39. The molecular weight excluding hydrogens is 314 g/mol. The highest BCUT2D eigenvalue weighted by Gasteiger charge is 2.13. The van der Waals surface area contributed by atoms with Gasteiger partial charge < -0.3 is 19.5 Å². The van der Waals surface area contributed by atoms with Crippen LogP contribution < -0.4 is 19.5 Å². The number of hydrogen-bond donors (Lipinski definition) is 1. The minimum absolute atomic E-state index is 0.159. The van der Waals surface area contributed by atoms with E-state index in [0.717, 1.165) is 21.9 Å². The van der Waals surface area contributed by atoms with E-state index in [0.29, 0.717) is 18.0 Å². The predicted octanol–water partition coefficient (Wildman–Crippen LogP) is 4.22. The molecule has 0 aromatic heterocycles. The second kappa shape index (κ2) is 8.09. The molecule has 2 aromatic rings. The van der Waals surface area contributed by atoms with Crippen molar-refractivity contribution >= 4 is 11.6 Å². The van der Waals surface area contributed by atoms with Crippen LogP contribution in [0.15, 0.2) is 36.4 Å². The Morgan fingerprint density at radius 1 is 0.957 bits per heavy atom. The van der Waals surface area contributed by atoms with Crippen LogP contribution in [-0.4, -0.2) is 21.3 Å². The summed E-state index contributed by atoms with van der Waals surface area (Å²) >= 11 is 6.05. The van der Waals surface area contributed by atoms with E-state index in [9.17, 15) is 0 Å². The Balaban J connectivity index is 2.16. The first kappa shape index (κ1) is 17.4. The van der Waals surface area contributed by atoms with E-state index in [2.05, 4.69) is 18.3 Å². The summed E-state index contributed by atoms with van der Waals surface area (Å²) in [5, 5.41) is 4.21. The molecule has 4 nitrogen and oxygen atoms in total. The quantitative estimate of drug-likeness (QED) is 0.822. The molecule has 0 spiro atoms. The summed E-state index contributed by atoms with van der Waals surface area (Å²) in [6.45, 7) is 2.73. The predicted molar refractivity (Wildman–Crippen MR) is 92.8 cm³/mol. The molecule has 2 aromatic carbocycles. The van der Waals surface area contributed by atoms with Crippen LogP contribution in [0.4, 0.5) is 0 Å². The average molecular weight is 336 g/mol. The molecule has 23 heavy (non-hydrogen) atoms. The fourth-order valence-corrected chi connectivity index (χ4v) is 2.59. The minimum atomic E-state index is 0.159. The van der Waals surface area contributed by atoms with Crippen molar-refractivity contribution in [3.63, 3.8) is 0 Å². The largest absolute Gasteiger partial charge is 0.496 e. The van der Waals surface area contributed by atoms with Crippen molar-refractivity contribution < 1.29 is 14.2 Å². The number of benzene rings is 2. The zero-order chi connectivity index (χ0) is 16.8. The first-order chi connectivity index (χ1) is 11.1. The van der Waals surface area contributed by atoms with E-state index in [1.165, 1.54) is 0 Å². The van der Waals surface area contributed by atoms with Gasteiger partial charge in [0.1, 0.15) is 5.75 Å². The Morgan fingerprint density at radius 3 is 2.22 bits per heavy atom.